The molecule has 1 aromatic heterocycles. The predicted molar refractivity (Wildman–Crippen MR) is 74.7 cm³/mol. The van der Waals surface area contributed by atoms with Crippen LogP contribution in [-0.4, -0.2) is 16.8 Å². The van der Waals surface area contributed by atoms with E-state index in [2.05, 4.69) is 55.6 Å². The van der Waals surface area contributed by atoms with Crippen molar-refractivity contribution in [1.82, 2.24) is 15.1 Å². The molecule has 0 unspecified atom stereocenters. The standard InChI is InChI=1S/C15H21N3/c1-11-6-5-7-12(2)15(11)10-18-9-14(8-16-4)13(3)17-18/h5-7,9,16H,8,10H2,1-4H3. The second-order valence-electron chi connectivity index (χ2n) is 4.84. The monoisotopic (exact) mass is 243 g/mol. The first kappa shape index (κ1) is 12.8. The molecule has 0 fully saturated rings. The van der Waals surface area contributed by atoms with Gasteiger partial charge < -0.3 is 5.32 Å². The molecule has 0 saturated carbocycles. The van der Waals surface area contributed by atoms with Crippen molar-refractivity contribution in [3.05, 3.63) is 52.3 Å². The van der Waals surface area contributed by atoms with Crippen LogP contribution in [0.4, 0.5) is 0 Å². The maximum Gasteiger partial charge on any atom is 0.0664 e. The summed E-state index contributed by atoms with van der Waals surface area (Å²) in [7, 11) is 1.96. The minimum absolute atomic E-state index is 0.850. The third-order valence-electron chi connectivity index (χ3n) is 3.38. The largest absolute Gasteiger partial charge is 0.316 e. The van der Waals surface area contributed by atoms with E-state index in [4.69, 9.17) is 0 Å². The highest BCUT2D eigenvalue weighted by Gasteiger charge is 2.07. The van der Waals surface area contributed by atoms with Gasteiger partial charge in [-0.15, -0.1) is 0 Å². The summed E-state index contributed by atoms with van der Waals surface area (Å²) in [6.07, 6.45) is 2.14. The molecule has 2 aromatic rings. The van der Waals surface area contributed by atoms with E-state index in [1.807, 2.05) is 11.7 Å². The lowest BCUT2D eigenvalue weighted by Crippen LogP contribution is -2.05. The highest BCUT2D eigenvalue weighted by molar-refractivity contribution is 5.33. The molecule has 0 aliphatic carbocycles. The summed E-state index contributed by atoms with van der Waals surface area (Å²) in [6, 6.07) is 6.43. The fourth-order valence-corrected chi connectivity index (χ4v) is 2.26. The first-order valence-corrected chi connectivity index (χ1v) is 6.34. The summed E-state index contributed by atoms with van der Waals surface area (Å²) in [6.45, 7) is 8.11. The van der Waals surface area contributed by atoms with Gasteiger partial charge in [-0.3, -0.25) is 4.68 Å². The van der Waals surface area contributed by atoms with Crippen molar-refractivity contribution in [2.75, 3.05) is 7.05 Å². The average Bonchev–Trinajstić information content (AvgIpc) is 2.66. The minimum Gasteiger partial charge on any atom is -0.316 e. The maximum absolute atomic E-state index is 4.58. The highest BCUT2D eigenvalue weighted by atomic mass is 15.3. The van der Waals surface area contributed by atoms with Crippen LogP contribution in [0.5, 0.6) is 0 Å². The SMILES string of the molecule is CNCc1cn(Cc2c(C)cccc2C)nc1C. The van der Waals surface area contributed by atoms with Gasteiger partial charge in [0.25, 0.3) is 0 Å². The van der Waals surface area contributed by atoms with E-state index in [9.17, 15) is 0 Å². The van der Waals surface area contributed by atoms with E-state index in [1.54, 1.807) is 0 Å². The Morgan fingerprint density at radius 2 is 1.83 bits per heavy atom. The first-order chi connectivity index (χ1) is 8.61. The Labute approximate surface area is 109 Å². The van der Waals surface area contributed by atoms with Gasteiger partial charge in [0.1, 0.15) is 0 Å². The van der Waals surface area contributed by atoms with Gasteiger partial charge in [-0.1, -0.05) is 18.2 Å². The fourth-order valence-electron chi connectivity index (χ4n) is 2.26. The van der Waals surface area contributed by atoms with Gasteiger partial charge in [0.15, 0.2) is 0 Å². The zero-order valence-corrected chi connectivity index (χ0v) is 11.6. The van der Waals surface area contributed by atoms with Gasteiger partial charge >= 0.3 is 0 Å². The number of aromatic nitrogens is 2. The predicted octanol–water partition coefficient (Wildman–Crippen LogP) is 2.58. The summed E-state index contributed by atoms with van der Waals surface area (Å²) in [5.74, 6) is 0. The summed E-state index contributed by atoms with van der Waals surface area (Å²) in [5, 5.41) is 7.75. The van der Waals surface area contributed by atoms with E-state index < -0.39 is 0 Å². The van der Waals surface area contributed by atoms with Crippen LogP contribution in [0.2, 0.25) is 0 Å². The third kappa shape index (κ3) is 2.62. The lowest BCUT2D eigenvalue weighted by atomic mass is 10.0. The molecule has 96 valence electrons. The van der Waals surface area contributed by atoms with Gasteiger partial charge in [0.05, 0.1) is 12.2 Å². The van der Waals surface area contributed by atoms with Crippen LogP contribution in [-0.2, 0) is 13.1 Å². The quantitative estimate of drug-likeness (QED) is 0.894. The first-order valence-electron chi connectivity index (χ1n) is 6.34. The Bertz CT molecular complexity index is 520. The number of aryl methyl sites for hydroxylation is 3. The van der Waals surface area contributed by atoms with Crippen molar-refractivity contribution >= 4 is 0 Å². The smallest absolute Gasteiger partial charge is 0.0664 e. The van der Waals surface area contributed by atoms with Crippen molar-refractivity contribution in [2.24, 2.45) is 0 Å². The summed E-state index contributed by atoms with van der Waals surface area (Å²) in [4.78, 5) is 0. The maximum atomic E-state index is 4.58. The van der Waals surface area contributed by atoms with Crippen LogP contribution in [0.3, 0.4) is 0 Å². The van der Waals surface area contributed by atoms with Crippen molar-refractivity contribution < 1.29 is 0 Å². The molecular formula is C15H21N3. The van der Waals surface area contributed by atoms with E-state index >= 15 is 0 Å². The molecule has 0 bridgehead atoms. The average molecular weight is 243 g/mol. The Balaban J connectivity index is 2.26. The van der Waals surface area contributed by atoms with Gasteiger partial charge in [-0.05, 0) is 44.5 Å². The summed E-state index contributed by atoms with van der Waals surface area (Å²) >= 11 is 0. The van der Waals surface area contributed by atoms with E-state index in [0.717, 1.165) is 18.8 Å². The van der Waals surface area contributed by atoms with Crippen LogP contribution in [0.1, 0.15) is 27.9 Å². The number of benzene rings is 1. The van der Waals surface area contributed by atoms with Crippen LogP contribution >= 0.6 is 0 Å². The zero-order chi connectivity index (χ0) is 13.1. The molecule has 0 aliphatic rings. The molecule has 0 atom stereocenters. The lowest BCUT2D eigenvalue weighted by Gasteiger charge is -2.09. The van der Waals surface area contributed by atoms with Gasteiger partial charge in [0.2, 0.25) is 0 Å². The third-order valence-corrected chi connectivity index (χ3v) is 3.38. The molecule has 0 spiro atoms. The highest BCUT2D eigenvalue weighted by Crippen LogP contribution is 2.15. The topological polar surface area (TPSA) is 29.9 Å². The van der Waals surface area contributed by atoms with Gasteiger partial charge in [-0.2, -0.15) is 5.10 Å². The minimum atomic E-state index is 0.850. The normalized spacial score (nSPS) is 10.9. The molecule has 2 rings (SSSR count). The molecule has 1 aromatic carbocycles. The van der Waals surface area contributed by atoms with Crippen LogP contribution in [0.15, 0.2) is 24.4 Å². The Hall–Kier alpha value is -1.61. The molecule has 3 nitrogen and oxygen atoms in total. The van der Waals surface area contributed by atoms with Crippen LogP contribution in [0.25, 0.3) is 0 Å². The van der Waals surface area contributed by atoms with Crippen molar-refractivity contribution in [3.8, 4) is 0 Å². The van der Waals surface area contributed by atoms with E-state index in [-0.39, 0.29) is 0 Å². The molecule has 0 aliphatic heterocycles. The number of hydrogen-bond donors (Lipinski definition) is 1. The summed E-state index contributed by atoms with van der Waals surface area (Å²) in [5.41, 5.74) is 6.41. The van der Waals surface area contributed by atoms with Gasteiger partial charge in [-0.25, -0.2) is 0 Å². The molecule has 3 heteroatoms. The Morgan fingerprint density at radius 1 is 1.17 bits per heavy atom. The van der Waals surface area contributed by atoms with Crippen LogP contribution in [0, 0.1) is 20.8 Å². The zero-order valence-electron chi connectivity index (χ0n) is 11.6. The molecule has 1 heterocycles. The second-order valence-corrected chi connectivity index (χ2v) is 4.84. The fraction of sp³-hybridized carbons (Fsp3) is 0.400. The molecule has 0 saturated heterocycles. The van der Waals surface area contributed by atoms with E-state index in [0.29, 0.717) is 0 Å². The molecule has 0 radical (unpaired) electrons. The molecule has 0 amide bonds. The van der Waals surface area contributed by atoms with Gasteiger partial charge in [0, 0.05) is 18.3 Å². The number of nitrogens with one attached hydrogen (secondary N) is 1. The number of nitrogens with zero attached hydrogens (tertiary/aromatic N) is 2. The van der Waals surface area contributed by atoms with Crippen LogP contribution < -0.4 is 5.32 Å². The van der Waals surface area contributed by atoms with Crippen molar-refractivity contribution in [2.45, 2.75) is 33.9 Å². The lowest BCUT2D eigenvalue weighted by molar-refractivity contribution is 0.673. The molecular weight excluding hydrogens is 222 g/mol. The second kappa shape index (κ2) is 5.36. The molecule has 1 N–H and O–H groups in total. The number of rotatable bonds is 4. The summed E-state index contributed by atoms with van der Waals surface area (Å²) < 4.78 is 2.04. The van der Waals surface area contributed by atoms with Crippen molar-refractivity contribution in [3.63, 3.8) is 0 Å². The number of hydrogen-bond acceptors (Lipinski definition) is 2. The Kier molecular flexibility index (Phi) is 3.82. The van der Waals surface area contributed by atoms with E-state index in [1.165, 1.54) is 22.3 Å². The van der Waals surface area contributed by atoms with Crippen molar-refractivity contribution in [1.29, 1.82) is 0 Å². The Morgan fingerprint density at radius 3 is 2.44 bits per heavy atom. The molecule has 18 heavy (non-hydrogen) atoms.